The number of carboxylic acid groups (broad SMARTS) is 1. The third kappa shape index (κ3) is 2.25. The highest BCUT2D eigenvalue weighted by Crippen LogP contribution is 2.11. The van der Waals surface area contributed by atoms with Gasteiger partial charge in [0.1, 0.15) is 11.0 Å². The van der Waals surface area contributed by atoms with Crippen LogP contribution in [-0.4, -0.2) is 20.9 Å². The second-order valence-electron chi connectivity index (χ2n) is 2.94. The van der Waals surface area contributed by atoms with Crippen LogP contribution in [0.1, 0.15) is 19.0 Å². The number of rotatable bonds is 4. The second-order valence-corrected chi connectivity index (χ2v) is 3.73. The van der Waals surface area contributed by atoms with Crippen LogP contribution in [0.2, 0.25) is 0 Å². The van der Waals surface area contributed by atoms with Gasteiger partial charge in [-0.3, -0.25) is 14.7 Å². The molecule has 0 fully saturated rings. The van der Waals surface area contributed by atoms with Crippen LogP contribution in [0.3, 0.4) is 0 Å². The van der Waals surface area contributed by atoms with Crippen molar-refractivity contribution in [3.05, 3.63) is 20.5 Å². The Bertz CT molecular complexity index is 394. The smallest absolute Gasteiger partial charge is 0.325 e. The molecule has 0 aliphatic rings. The van der Waals surface area contributed by atoms with Crippen LogP contribution < -0.4 is 5.56 Å². The Morgan fingerprint density at radius 1 is 1.64 bits per heavy atom. The first-order valence-corrected chi connectivity index (χ1v) is 5.04. The molecule has 0 atom stereocenters. The van der Waals surface area contributed by atoms with Crippen molar-refractivity contribution in [3.63, 3.8) is 0 Å². The molecule has 5 nitrogen and oxygen atoms in total. The number of aliphatic carboxylic acids is 1. The quantitative estimate of drug-likeness (QED) is 0.850. The summed E-state index contributed by atoms with van der Waals surface area (Å²) in [6.07, 6.45) is 1.62. The van der Waals surface area contributed by atoms with Gasteiger partial charge in [0.2, 0.25) is 0 Å². The number of aryl methyl sites for hydroxylation is 1. The van der Waals surface area contributed by atoms with Gasteiger partial charge in [-0.1, -0.05) is 13.3 Å². The average Bonchev–Trinajstić information content (AvgIpc) is 2.34. The fraction of sp³-hybridized carbons (Fsp3) is 0.500. The molecular weight excluding hydrogens is 252 g/mol. The standard InChI is InChI=1S/C8H11BrN2O3/c1-2-3-5-7(9)8(14)11(10-5)4-6(12)13/h10H,2-4H2,1H3,(H,12,13). The molecule has 14 heavy (non-hydrogen) atoms. The van der Waals surface area contributed by atoms with Gasteiger partial charge < -0.3 is 5.11 Å². The summed E-state index contributed by atoms with van der Waals surface area (Å²) in [6.45, 7) is 1.65. The molecule has 1 heterocycles. The number of nitrogens with zero attached hydrogens (tertiary/aromatic N) is 1. The zero-order valence-electron chi connectivity index (χ0n) is 7.71. The molecule has 1 aromatic rings. The summed E-state index contributed by atoms with van der Waals surface area (Å²) >= 11 is 3.13. The Balaban J connectivity index is 3.02. The van der Waals surface area contributed by atoms with Crippen LogP contribution in [0.15, 0.2) is 9.27 Å². The minimum atomic E-state index is -1.04. The Morgan fingerprint density at radius 2 is 2.29 bits per heavy atom. The van der Waals surface area contributed by atoms with Crippen LogP contribution in [0.25, 0.3) is 0 Å². The molecule has 0 aromatic carbocycles. The van der Waals surface area contributed by atoms with Crippen molar-refractivity contribution < 1.29 is 9.90 Å². The lowest BCUT2D eigenvalue weighted by Crippen LogP contribution is -2.21. The number of carboxylic acids is 1. The van der Waals surface area contributed by atoms with E-state index in [1.165, 1.54) is 0 Å². The van der Waals surface area contributed by atoms with E-state index in [4.69, 9.17) is 5.11 Å². The van der Waals surface area contributed by atoms with E-state index in [2.05, 4.69) is 21.0 Å². The van der Waals surface area contributed by atoms with Gasteiger partial charge in [-0.15, -0.1) is 0 Å². The first-order chi connectivity index (χ1) is 6.56. The lowest BCUT2D eigenvalue weighted by atomic mass is 10.3. The zero-order chi connectivity index (χ0) is 10.7. The second kappa shape index (κ2) is 4.45. The SMILES string of the molecule is CCCc1[nH]n(CC(=O)O)c(=O)c1Br. The molecule has 0 aliphatic heterocycles. The van der Waals surface area contributed by atoms with Gasteiger partial charge in [-0.2, -0.15) is 0 Å². The van der Waals surface area contributed by atoms with Gasteiger partial charge in [-0.25, -0.2) is 4.68 Å². The minimum absolute atomic E-state index is 0.323. The first kappa shape index (κ1) is 11.0. The number of hydrogen-bond donors (Lipinski definition) is 2. The van der Waals surface area contributed by atoms with Crippen LogP contribution in [0.4, 0.5) is 0 Å². The van der Waals surface area contributed by atoms with Crippen molar-refractivity contribution >= 4 is 21.9 Å². The van der Waals surface area contributed by atoms with Gasteiger partial charge in [0.05, 0.1) is 5.69 Å². The Morgan fingerprint density at radius 3 is 2.79 bits per heavy atom. The summed E-state index contributed by atoms with van der Waals surface area (Å²) < 4.78 is 1.51. The number of aromatic nitrogens is 2. The molecule has 0 aliphatic carbocycles. The van der Waals surface area contributed by atoms with Gasteiger partial charge in [-0.05, 0) is 22.4 Å². The van der Waals surface area contributed by atoms with Crippen molar-refractivity contribution in [2.24, 2.45) is 0 Å². The largest absolute Gasteiger partial charge is 0.480 e. The maximum Gasteiger partial charge on any atom is 0.325 e. The van der Waals surface area contributed by atoms with E-state index in [-0.39, 0.29) is 12.1 Å². The molecule has 0 amide bonds. The number of hydrogen-bond acceptors (Lipinski definition) is 2. The normalized spacial score (nSPS) is 10.4. The highest BCUT2D eigenvalue weighted by Gasteiger charge is 2.12. The van der Waals surface area contributed by atoms with E-state index >= 15 is 0 Å². The highest BCUT2D eigenvalue weighted by atomic mass is 79.9. The van der Waals surface area contributed by atoms with Gasteiger partial charge in [0, 0.05) is 0 Å². The fourth-order valence-electron chi connectivity index (χ4n) is 1.17. The molecule has 0 saturated carbocycles. The first-order valence-electron chi connectivity index (χ1n) is 4.25. The fourth-order valence-corrected chi connectivity index (χ4v) is 1.67. The number of carbonyl (C=O) groups is 1. The zero-order valence-corrected chi connectivity index (χ0v) is 9.30. The predicted octanol–water partition coefficient (Wildman–Crippen LogP) is 0.976. The summed E-state index contributed by atoms with van der Waals surface area (Å²) in [5.74, 6) is -1.04. The molecule has 0 unspecified atom stereocenters. The third-order valence-electron chi connectivity index (χ3n) is 1.76. The van der Waals surface area contributed by atoms with E-state index in [9.17, 15) is 9.59 Å². The van der Waals surface area contributed by atoms with Crippen LogP contribution in [-0.2, 0) is 17.8 Å². The number of H-pyrrole nitrogens is 1. The van der Waals surface area contributed by atoms with Crippen LogP contribution >= 0.6 is 15.9 Å². The van der Waals surface area contributed by atoms with E-state index in [0.717, 1.165) is 23.2 Å². The van der Waals surface area contributed by atoms with E-state index < -0.39 is 5.97 Å². The Labute approximate surface area is 88.8 Å². The Kier molecular flexibility index (Phi) is 3.51. The molecule has 0 radical (unpaired) electrons. The molecular formula is C8H11BrN2O3. The van der Waals surface area contributed by atoms with E-state index in [1.807, 2.05) is 6.92 Å². The molecule has 0 saturated heterocycles. The van der Waals surface area contributed by atoms with E-state index in [0.29, 0.717) is 4.47 Å². The summed E-state index contributed by atoms with van der Waals surface area (Å²) in [4.78, 5) is 21.8. The third-order valence-corrected chi connectivity index (χ3v) is 2.58. The molecule has 1 rings (SSSR count). The van der Waals surface area contributed by atoms with Crippen LogP contribution in [0, 0.1) is 0 Å². The summed E-state index contributed by atoms with van der Waals surface area (Å²) in [7, 11) is 0. The van der Waals surface area contributed by atoms with E-state index in [1.54, 1.807) is 0 Å². The van der Waals surface area contributed by atoms with Gasteiger partial charge in [0.15, 0.2) is 0 Å². The summed E-state index contributed by atoms with van der Waals surface area (Å²) in [5, 5.41) is 11.3. The number of aromatic amines is 1. The predicted molar refractivity (Wildman–Crippen MR) is 54.4 cm³/mol. The summed E-state index contributed by atoms with van der Waals surface area (Å²) in [6, 6.07) is 0. The molecule has 78 valence electrons. The van der Waals surface area contributed by atoms with Crippen molar-refractivity contribution in [2.75, 3.05) is 0 Å². The average molecular weight is 263 g/mol. The minimum Gasteiger partial charge on any atom is -0.480 e. The van der Waals surface area contributed by atoms with Gasteiger partial charge in [0.25, 0.3) is 5.56 Å². The van der Waals surface area contributed by atoms with Crippen molar-refractivity contribution in [2.45, 2.75) is 26.3 Å². The molecule has 1 aromatic heterocycles. The topological polar surface area (TPSA) is 75.1 Å². The maximum atomic E-state index is 11.4. The monoisotopic (exact) mass is 262 g/mol. The van der Waals surface area contributed by atoms with Crippen molar-refractivity contribution in [3.8, 4) is 0 Å². The molecule has 0 bridgehead atoms. The molecule has 2 N–H and O–H groups in total. The lowest BCUT2D eigenvalue weighted by Gasteiger charge is -1.96. The van der Waals surface area contributed by atoms with Crippen LogP contribution in [0.5, 0.6) is 0 Å². The Hall–Kier alpha value is -1.04. The van der Waals surface area contributed by atoms with Gasteiger partial charge >= 0.3 is 5.97 Å². The highest BCUT2D eigenvalue weighted by molar-refractivity contribution is 9.10. The summed E-state index contributed by atoms with van der Waals surface area (Å²) in [5.41, 5.74) is 0.426. The lowest BCUT2D eigenvalue weighted by molar-refractivity contribution is -0.137. The molecule has 0 spiro atoms. The number of halogens is 1. The molecule has 6 heteroatoms. The van der Waals surface area contributed by atoms with Crippen molar-refractivity contribution in [1.82, 2.24) is 9.78 Å². The number of nitrogens with one attached hydrogen (secondary N) is 1. The van der Waals surface area contributed by atoms with Crippen molar-refractivity contribution in [1.29, 1.82) is 0 Å². The maximum absolute atomic E-state index is 11.4.